The van der Waals surface area contributed by atoms with Gasteiger partial charge in [-0.2, -0.15) is 0 Å². The fourth-order valence-corrected chi connectivity index (χ4v) is 3.50. The van der Waals surface area contributed by atoms with Crippen molar-refractivity contribution in [2.45, 2.75) is 32.4 Å². The molecule has 0 aliphatic heterocycles. The highest BCUT2D eigenvalue weighted by molar-refractivity contribution is 7.10. The number of carbonyl (C=O) groups is 1. The van der Waals surface area contributed by atoms with Gasteiger partial charge in [-0.3, -0.25) is 9.69 Å². The quantitative estimate of drug-likeness (QED) is 0.810. The van der Waals surface area contributed by atoms with Crippen LogP contribution in [0.2, 0.25) is 0 Å². The molecule has 1 unspecified atom stereocenters. The first-order valence-corrected chi connectivity index (χ1v) is 8.93. The number of hydrogen-bond acceptors (Lipinski definition) is 4. The van der Waals surface area contributed by atoms with Gasteiger partial charge in [0.2, 0.25) is 5.91 Å². The van der Waals surface area contributed by atoms with Crippen LogP contribution in [0.1, 0.15) is 35.9 Å². The number of amides is 1. The summed E-state index contributed by atoms with van der Waals surface area (Å²) < 4.78 is 0. The Labute approximate surface area is 148 Å². The van der Waals surface area contributed by atoms with Gasteiger partial charge < -0.3 is 10.4 Å². The number of hydrogen-bond donors (Lipinski definition) is 2. The van der Waals surface area contributed by atoms with E-state index in [2.05, 4.69) is 29.6 Å². The predicted octanol–water partition coefficient (Wildman–Crippen LogP) is 2.96. The van der Waals surface area contributed by atoms with Crippen molar-refractivity contribution < 1.29 is 9.90 Å². The van der Waals surface area contributed by atoms with Gasteiger partial charge in [0.25, 0.3) is 0 Å². The Kier molecular flexibility index (Phi) is 6.15. The number of thiophene rings is 1. The highest BCUT2D eigenvalue weighted by Crippen LogP contribution is 2.26. The molecule has 0 aliphatic carbocycles. The maximum atomic E-state index is 12.5. The van der Waals surface area contributed by atoms with Gasteiger partial charge >= 0.3 is 0 Å². The topological polar surface area (TPSA) is 52.6 Å². The van der Waals surface area contributed by atoms with Crippen LogP contribution in [0, 0.1) is 6.92 Å². The molecule has 0 saturated heterocycles. The number of benzene rings is 1. The zero-order valence-corrected chi connectivity index (χ0v) is 15.6. The van der Waals surface area contributed by atoms with Crippen molar-refractivity contribution in [2.75, 3.05) is 20.1 Å². The predicted molar refractivity (Wildman–Crippen MR) is 99.3 cm³/mol. The molecule has 2 rings (SSSR count). The highest BCUT2D eigenvalue weighted by Gasteiger charge is 2.21. The van der Waals surface area contributed by atoms with E-state index < -0.39 is 5.60 Å². The molecule has 0 saturated carbocycles. The fraction of sp³-hybridized carbons (Fsp3) is 0.421. The lowest BCUT2D eigenvalue weighted by molar-refractivity contribution is -0.122. The van der Waals surface area contributed by atoms with Gasteiger partial charge in [-0.05, 0) is 44.8 Å². The largest absolute Gasteiger partial charge is 0.389 e. The van der Waals surface area contributed by atoms with Gasteiger partial charge in [-0.25, -0.2) is 0 Å². The summed E-state index contributed by atoms with van der Waals surface area (Å²) in [4.78, 5) is 15.4. The van der Waals surface area contributed by atoms with Crippen LogP contribution < -0.4 is 5.32 Å². The molecule has 2 N–H and O–H groups in total. The van der Waals surface area contributed by atoms with Crippen LogP contribution >= 0.6 is 11.3 Å². The molecule has 1 amide bonds. The van der Waals surface area contributed by atoms with Crippen LogP contribution in [0.25, 0.3) is 0 Å². The summed E-state index contributed by atoms with van der Waals surface area (Å²) >= 11 is 1.63. The van der Waals surface area contributed by atoms with Gasteiger partial charge in [0.15, 0.2) is 0 Å². The van der Waals surface area contributed by atoms with Crippen LogP contribution in [0.15, 0.2) is 41.8 Å². The molecule has 5 heteroatoms. The molecule has 2 aromatic rings. The molecule has 0 radical (unpaired) electrons. The second kappa shape index (κ2) is 7.92. The van der Waals surface area contributed by atoms with Crippen molar-refractivity contribution in [3.63, 3.8) is 0 Å². The second-order valence-corrected chi connectivity index (χ2v) is 7.89. The number of nitrogens with zero attached hydrogens (tertiary/aromatic N) is 1. The molecule has 130 valence electrons. The molecule has 4 nitrogen and oxygen atoms in total. The molecule has 0 spiro atoms. The summed E-state index contributed by atoms with van der Waals surface area (Å²) in [5.74, 6) is -0.0549. The summed E-state index contributed by atoms with van der Waals surface area (Å²) in [5.41, 5.74) is 1.44. The molecular weight excluding hydrogens is 320 g/mol. The lowest BCUT2D eigenvalue weighted by atomic mass is 10.0. The summed E-state index contributed by atoms with van der Waals surface area (Å²) in [5, 5.41) is 15.0. The first-order valence-electron chi connectivity index (χ1n) is 8.05. The van der Waals surface area contributed by atoms with Crippen molar-refractivity contribution in [1.82, 2.24) is 10.2 Å². The molecule has 1 heterocycles. The van der Waals surface area contributed by atoms with Gasteiger partial charge in [-0.15, -0.1) is 11.3 Å². The number of carbonyl (C=O) groups excluding carboxylic acids is 1. The van der Waals surface area contributed by atoms with E-state index in [0.29, 0.717) is 6.54 Å². The zero-order chi connectivity index (χ0) is 17.7. The van der Waals surface area contributed by atoms with E-state index in [0.717, 1.165) is 10.4 Å². The minimum absolute atomic E-state index is 0.0549. The Morgan fingerprint density at radius 3 is 2.50 bits per heavy atom. The Balaban J connectivity index is 2.09. The van der Waals surface area contributed by atoms with E-state index in [1.165, 1.54) is 5.56 Å². The maximum absolute atomic E-state index is 12.5. The molecule has 0 bridgehead atoms. The van der Waals surface area contributed by atoms with E-state index >= 15 is 0 Å². The van der Waals surface area contributed by atoms with Crippen LogP contribution in [-0.2, 0) is 4.79 Å². The number of likely N-dealkylation sites (N-methyl/N-ethyl adjacent to an activating group) is 1. The molecule has 1 atom stereocenters. The van der Waals surface area contributed by atoms with E-state index in [1.807, 2.05) is 36.4 Å². The smallest absolute Gasteiger partial charge is 0.234 e. The molecule has 0 aliphatic rings. The van der Waals surface area contributed by atoms with Crippen LogP contribution in [0.3, 0.4) is 0 Å². The van der Waals surface area contributed by atoms with Gasteiger partial charge in [-0.1, -0.05) is 35.9 Å². The molecule has 24 heavy (non-hydrogen) atoms. The van der Waals surface area contributed by atoms with Crippen LogP contribution in [0.4, 0.5) is 0 Å². The first-order chi connectivity index (χ1) is 11.2. The zero-order valence-electron chi connectivity index (χ0n) is 14.7. The average Bonchev–Trinajstić information content (AvgIpc) is 2.97. The Hall–Kier alpha value is -1.69. The molecule has 0 fully saturated rings. The number of nitrogens with one attached hydrogen (secondary N) is 1. The Morgan fingerprint density at radius 1 is 1.29 bits per heavy atom. The van der Waals surface area contributed by atoms with E-state index in [9.17, 15) is 9.90 Å². The fourth-order valence-electron chi connectivity index (χ4n) is 2.70. The van der Waals surface area contributed by atoms with Crippen LogP contribution in [0.5, 0.6) is 0 Å². The Morgan fingerprint density at radius 2 is 1.96 bits per heavy atom. The molecule has 1 aromatic carbocycles. The summed E-state index contributed by atoms with van der Waals surface area (Å²) in [6, 6.07) is 12.1. The average molecular weight is 346 g/mol. The number of aryl methyl sites for hydroxylation is 1. The van der Waals surface area contributed by atoms with Gasteiger partial charge in [0.1, 0.15) is 0 Å². The number of aliphatic hydroxyl groups is 1. The van der Waals surface area contributed by atoms with Gasteiger partial charge in [0.05, 0.1) is 18.2 Å². The maximum Gasteiger partial charge on any atom is 0.234 e. The van der Waals surface area contributed by atoms with Crippen molar-refractivity contribution in [3.8, 4) is 0 Å². The first kappa shape index (κ1) is 18.6. The lowest BCUT2D eigenvalue weighted by Crippen LogP contribution is -2.42. The SMILES string of the molecule is Cc1ccc(C(NC(=O)CN(C)CC(C)(C)O)c2cccs2)cc1. The minimum Gasteiger partial charge on any atom is -0.389 e. The second-order valence-electron chi connectivity index (χ2n) is 6.91. The van der Waals surface area contributed by atoms with E-state index in [-0.39, 0.29) is 18.5 Å². The third kappa shape index (κ3) is 5.74. The Bertz CT molecular complexity index is 645. The summed E-state index contributed by atoms with van der Waals surface area (Å²) in [7, 11) is 1.84. The highest BCUT2D eigenvalue weighted by atomic mass is 32.1. The van der Waals surface area contributed by atoms with E-state index in [1.54, 1.807) is 25.2 Å². The van der Waals surface area contributed by atoms with Crippen molar-refractivity contribution in [2.24, 2.45) is 0 Å². The molecule has 1 aromatic heterocycles. The van der Waals surface area contributed by atoms with Crippen molar-refractivity contribution in [3.05, 3.63) is 57.8 Å². The third-order valence-corrected chi connectivity index (χ3v) is 4.55. The lowest BCUT2D eigenvalue weighted by Gasteiger charge is -2.26. The monoisotopic (exact) mass is 346 g/mol. The normalized spacial score (nSPS) is 13.1. The molecular formula is C19H26N2O2S. The summed E-state index contributed by atoms with van der Waals surface area (Å²) in [6.07, 6.45) is 0. The van der Waals surface area contributed by atoms with Gasteiger partial charge in [0, 0.05) is 11.4 Å². The third-order valence-electron chi connectivity index (χ3n) is 3.61. The number of rotatable bonds is 7. The van der Waals surface area contributed by atoms with Crippen molar-refractivity contribution in [1.29, 1.82) is 0 Å². The van der Waals surface area contributed by atoms with Crippen LogP contribution in [-0.4, -0.2) is 41.7 Å². The minimum atomic E-state index is -0.820. The van der Waals surface area contributed by atoms with Crippen molar-refractivity contribution >= 4 is 17.2 Å². The standard InChI is InChI=1S/C19H26N2O2S/c1-14-7-9-15(10-8-14)18(16-6-5-11-24-16)20-17(22)12-21(4)13-19(2,3)23/h5-11,18,23H,12-13H2,1-4H3,(H,20,22). The van der Waals surface area contributed by atoms with E-state index in [4.69, 9.17) is 0 Å². The summed E-state index contributed by atoms with van der Waals surface area (Å²) in [6.45, 7) is 6.21.